The van der Waals surface area contributed by atoms with Gasteiger partial charge in [0.1, 0.15) is 5.75 Å². The van der Waals surface area contributed by atoms with Gasteiger partial charge in [-0.15, -0.1) is 0 Å². The maximum atomic E-state index is 11.2. The van der Waals surface area contributed by atoms with Crippen molar-refractivity contribution < 1.29 is 14.3 Å². The van der Waals surface area contributed by atoms with Gasteiger partial charge in [-0.3, -0.25) is 0 Å². The molecule has 0 bridgehead atoms. The fourth-order valence-corrected chi connectivity index (χ4v) is 2.04. The predicted molar refractivity (Wildman–Crippen MR) is 97.8 cm³/mol. The summed E-state index contributed by atoms with van der Waals surface area (Å²) in [5.74, 6) is 0.0536. The monoisotopic (exact) mass is 353 g/mol. The van der Waals surface area contributed by atoms with Gasteiger partial charge in [0.05, 0.1) is 11.6 Å². The van der Waals surface area contributed by atoms with Gasteiger partial charge in [0.25, 0.3) is 0 Å². The SMILES string of the molecule is C=C(C)C(=O)OCOc1ccc(/C=C(\C#N)c2ccc(Cl)cc2)cc1. The number of carbonyl (C=O) groups excluding carboxylic acids is 1. The molecule has 0 radical (unpaired) electrons. The number of benzene rings is 2. The van der Waals surface area contributed by atoms with Crippen molar-refractivity contribution in [3.8, 4) is 11.8 Å². The Labute approximate surface area is 151 Å². The molecule has 0 saturated carbocycles. The van der Waals surface area contributed by atoms with Crippen LogP contribution in [0.3, 0.4) is 0 Å². The second-order valence-electron chi connectivity index (χ2n) is 5.22. The molecule has 0 aliphatic carbocycles. The standard InChI is InChI=1S/C20H16ClNO3/c1-14(2)20(23)25-13-24-19-9-3-15(4-10-19)11-17(12-22)16-5-7-18(21)8-6-16/h3-11H,1,13H2,2H3/b17-11+. The van der Waals surface area contributed by atoms with Crippen molar-refractivity contribution in [1.82, 2.24) is 0 Å². The summed E-state index contributed by atoms with van der Waals surface area (Å²) in [5, 5.41) is 9.97. The van der Waals surface area contributed by atoms with Gasteiger partial charge in [-0.25, -0.2) is 4.79 Å². The average molecular weight is 354 g/mol. The Morgan fingerprint density at radius 1 is 1.20 bits per heavy atom. The number of hydrogen-bond acceptors (Lipinski definition) is 4. The molecule has 0 aromatic heterocycles. The van der Waals surface area contributed by atoms with Crippen LogP contribution in [0.4, 0.5) is 0 Å². The van der Waals surface area contributed by atoms with Crippen LogP contribution in [0.2, 0.25) is 5.02 Å². The first-order chi connectivity index (χ1) is 12.0. The van der Waals surface area contributed by atoms with E-state index in [4.69, 9.17) is 21.1 Å². The molecule has 25 heavy (non-hydrogen) atoms. The van der Waals surface area contributed by atoms with Crippen LogP contribution in [0.15, 0.2) is 60.7 Å². The van der Waals surface area contributed by atoms with E-state index < -0.39 is 5.97 Å². The van der Waals surface area contributed by atoms with Gasteiger partial charge in [0.15, 0.2) is 0 Å². The molecule has 0 N–H and O–H groups in total. The fraction of sp³-hybridized carbons (Fsp3) is 0.100. The van der Waals surface area contributed by atoms with Crippen molar-refractivity contribution in [2.24, 2.45) is 0 Å². The van der Waals surface area contributed by atoms with Crippen LogP contribution < -0.4 is 4.74 Å². The molecule has 0 aliphatic heterocycles. The first-order valence-electron chi connectivity index (χ1n) is 7.43. The molecule has 0 saturated heterocycles. The second-order valence-corrected chi connectivity index (χ2v) is 5.66. The topological polar surface area (TPSA) is 59.3 Å². The molecule has 2 aromatic rings. The lowest BCUT2D eigenvalue weighted by atomic mass is 10.0. The van der Waals surface area contributed by atoms with E-state index in [2.05, 4.69) is 12.6 Å². The van der Waals surface area contributed by atoms with E-state index in [1.165, 1.54) is 0 Å². The third-order valence-corrected chi connectivity index (χ3v) is 3.48. The summed E-state index contributed by atoms with van der Waals surface area (Å²) in [5.41, 5.74) is 2.48. The molecule has 0 aliphatic rings. The molecule has 5 heteroatoms. The number of halogens is 1. The normalized spacial score (nSPS) is 10.7. The molecular formula is C20H16ClNO3. The summed E-state index contributed by atoms with van der Waals surface area (Å²) in [6.45, 7) is 4.87. The minimum atomic E-state index is -0.499. The van der Waals surface area contributed by atoms with Gasteiger partial charge in [0.2, 0.25) is 6.79 Å². The number of allylic oxidation sites excluding steroid dienone is 1. The lowest BCUT2D eigenvalue weighted by Crippen LogP contribution is -2.10. The molecule has 0 heterocycles. The number of esters is 1. The Hall–Kier alpha value is -3.03. The molecule has 0 spiro atoms. The zero-order valence-electron chi connectivity index (χ0n) is 13.7. The molecule has 126 valence electrons. The number of ether oxygens (including phenoxy) is 2. The number of rotatable bonds is 6. The van der Waals surface area contributed by atoms with Crippen LogP contribution in [0.5, 0.6) is 5.75 Å². The molecule has 2 rings (SSSR count). The second kappa shape index (κ2) is 8.72. The van der Waals surface area contributed by atoms with Gasteiger partial charge in [0, 0.05) is 10.6 Å². The summed E-state index contributed by atoms with van der Waals surface area (Å²) in [6.07, 6.45) is 1.77. The van der Waals surface area contributed by atoms with Crippen LogP contribution in [0, 0.1) is 11.3 Å². The van der Waals surface area contributed by atoms with Crippen LogP contribution in [0.1, 0.15) is 18.1 Å². The van der Waals surface area contributed by atoms with Gasteiger partial charge in [-0.2, -0.15) is 5.26 Å². The van der Waals surface area contributed by atoms with E-state index in [0.29, 0.717) is 21.9 Å². The number of carbonyl (C=O) groups is 1. The molecule has 4 nitrogen and oxygen atoms in total. The van der Waals surface area contributed by atoms with E-state index in [1.54, 1.807) is 49.4 Å². The van der Waals surface area contributed by atoms with Crippen molar-refractivity contribution >= 4 is 29.2 Å². The van der Waals surface area contributed by atoms with E-state index in [9.17, 15) is 10.1 Å². The predicted octanol–water partition coefficient (Wildman–Crippen LogP) is 4.86. The minimum Gasteiger partial charge on any atom is -0.457 e. The van der Waals surface area contributed by atoms with Gasteiger partial charge < -0.3 is 9.47 Å². The van der Waals surface area contributed by atoms with Crippen molar-refractivity contribution in [3.63, 3.8) is 0 Å². The van der Waals surface area contributed by atoms with E-state index in [1.807, 2.05) is 12.1 Å². The highest BCUT2D eigenvalue weighted by Crippen LogP contribution is 2.21. The van der Waals surface area contributed by atoms with E-state index in [0.717, 1.165) is 11.1 Å². The maximum Gasteiger partial charge on any atom is 0.335 e. The van der Waals surface area contributed by atoms with Gasteiger partial charge in [-0.05, 0) is 48.4 Å². The van der Waals surface area contributed by atoms with Gasteiger partial charge in [-0.1, -0.05) is 42.4 Å². The largest absolute Gasteiger partial charge is 0.457 e. The summed E-state index contributed by atoms with van der Waals surface area (Å²) >= 11 is 5.86. The lowest BCUT2D eigenvalue weighted by Gasteiger charge is -2.07. The van der Waals surface area contributed by atoms with Crippen molar-refractivity contribution in [2.45, 2.75) is 6.92 Å². The Balaban J connectivity index is 2.03. The maximum absolute atomic E-state index is 11.2. The molecule has 0 fully saturated rings. The van der Waals surface area contributed by atoms with Crippen LogP contribution in [-0.2, 0) is 9.53 Å². The van der Waals surface area contributed by atoms with Crippen LogP contribution >= 0.6 is 11.6 Å². The average Bonchev–Trinajstić information content (AvgIpc) is 2.61. The highest BCUT2D eigenvalue weighted by Gasteiger charge is 2.04. The highest BCUT2D eigenvalue weighted by molar-refractivity contribution is 6.30. The van der Waals surface area contributed by atoms with E-state index >= 15 is 0 Å². The minimum absolute atomic E-state index is 0.185. The number of nitrogens with zero attached hydrogens (tertiary/aromatic N) is 1. The number of hydrogen-bond donors (Lipinski definition) is 0. The third kappa shape index (κ3) is 5.52. The Bertz CT molecular complexity index is 831. The molecule has 0 amide bonds. The van der Waals surface area contributed by atoms with Crippen LogP contribution in [-0.4, -0.2) is 12.8 Å². The van der Waals surface area contributed by atoms with Crippen LogP contribution in [0.25, 0.3) is 11.6 Å². The molecular weight excluding hydrogens is 338 g/mol. The van der Waals surface area contributed by atoms with Crippen molar-refractivity contribution in [2.75, 3.05) is 6.79 Å². The smallest absolute Gasteiger partial charge is 0.335 e. The Morgan fingerprint density at radius 2 is 1.84 bits per heavy atom. The quantitative estimate of drug-likeness (QED) is 0.244. The highest BCUT2D eigenvalue weighted by atomic mass is 35.5. The first-order valence-corrected chi connectivity index (χ1v) is 7.80. The Morgan fingerprint density at radius 3 is 2.40 bits per heavy atom. The zero-order chi connectivity index (χ0) is 18.2. The summed E-state index contributed by atoms with van der Waals surface area (Å²) in [6, 6.07) is 16.3. The van der Waals surface area contributed by atoms with Crippen molar-refractivity contribution in [3.05, 3.63) is 76.8 Å². The van der Waals surface area contributed by atoms with Gasteiger partial charge >= 0.3 is 5.97 Å². The molecule has 2 aromatic carbocycles. The summed E-state index contributed by atoms with van der Waals surface area (Å²) in [7, 11) is 0. The lowest BCUT2D eigenvalue weighted by molar-refractivity contribution is -0.145. The third-order valence-electron chi connectivity index (χ3n) is 3.23. The fourth-order valence-electron chi connectivity index (χ4n) is 1.91. The van der Waals surface area contributed by atoms with Crippen molar-refractivity contribution in [1.29, 1.82) is 5.26 Å². The molecule has 0 atom stereocenters. The first kappa shape index (κ1) is 18.3. The zero-order valence-corrected chi connectivity index (χ0v) is 14.4. The van der Waals surface area contributed by atoms with E-state index in [-0.39, 0.29) is 6.79 Å². The summed E-state index contributed by atoms with van der Waals surface area (Å²) < 4.78 is 10.2. The summed E-state index contributed by atoms with van der Waals surface area (Å²) in [4.78, 5) is 11.2. The Kier molecular flexibility index (Phi) is 6.39. The number of nitriles is 1. The molecule has 0 unspecified atom stereocenters.